The van der Waals surface area contributed by atoms with Crippen LogP contribution in [0.1, 0.15) is 25.7 Å². The molecule has 4 rings (SSSR count). The Morgan fingerprint density at radius 3 is 2.12 bits per heavy atom. The quantitative estimate of drug-likeness (QED) is 0.470. The number of aromatic nitrogens is 2. The molecular formula is C24H35N7OS. The van der Waals surface area contributed by atoms with E-state index in [1.54, 1.807) is 7.11 Å². The Morgan fingerprint density at radius 2 is 1.48 bits per heavy atom. The third-order valence-corrected chi connectivity index (χ3v) is 6.42. The van der Waals surface area contributed by atoms with E-state index in [1.807, 2.05) is 0 Å². The number of methoxy groups -OCH3 is 1. The van der Waals surface area contributed by atoms with Crippen LogP contribution in [0.25, 0.3) is 0 Å². The molecule has 9 heteroatoms. The fourth-order valence-electron chi connectivity index (χ4n) is 4.35. The Kier molecular flexibility index (Phi) is 8.54. The second-order valence-corrected chi connectivity index (χ2v) is 8.90. The number of piperazine rings is 1. The summed E-state index contributed by atoms with van der Waals surface area (Å²) >= 11 is 5.45. The largest absolute Gasteiger partial charge is 0.383 e. The first-order valence-electron chi connectivity index (χ1n) is 12.0. The average Bonchev–Trinajstić information content (AvgIpc) is 3.14. The number of rotatable bonds is 7. The molecule has 0 saturated carbocycles. The monoisotopic (exact) mass is 469 g/mol. The summed E-state index contributed by atoms with van der Waals surface area (Å²) in [4.78, 5) is 16.9. The van der Waals surface area contributed by atoms with Crippen LogP contribution in [-0.2, 0) is 4.74 Å². The van der Waals surface area contributed by atoms with Gasteiger partial charge in [-0.2, -0.15) is 9.97 Å². The van der Waals surface area contributed by atoms with E-state index in [2.05, 4.69) is 61.7 Å². The molecule has 0 bridgehead atoms. The zero-order chi connectivity index (χ0) is 22.9. The SMILES string of the molecule is COCCNC(=S)Nc1nc(N2CCCCCC2)cc(N2CCN(c3ccccc3)CC2)n1. The van der Waals surface area contributed by atoms with Crippen molar-refractivity contribution in [1.29, 1.82) is 0 Å². The van der Waals surface area contributed by atoms with Crippen LogP contribution in [0.2, 0.25) is 0 Å². The average molecular weight is 470 g/mol. The molecule has 0 unspecified atom stereocenters. The van der Waals surface area contributed by atoms with Gasteiger partial charge in [-0.1, -0.05) is 31.0 Å². The van der Waals surface area contributed by atoms with Crippen molar-refractivity contribution in [2.24, 2.45) is 0 Å². The lowest BCUT2D eigenvalue weighted by molar-refractivity contribution is 0.204. The molecule has 178 valence electrons. The summed E-state index contributed by atoms with van der Waals surface area (Å²) in [5.74, 6) is 2.49. The fraction of sp³-hybridized carbons (Fsp3) is 0.542. The summed E-state index contributed by atoms with van der Waals surface area (Å²) in [6.45, 7) is 7.07. The van der Waals surface area contributed by atoms with Crippen molar-refractivity contribution < 1.29 is 4.74 Å². The zero-order valence-electron chi connectivity index (χ0n) is 19.5. The van der Waals surface area contributed by atoms with Crippen LogP contribution in [-0.4, -0.2) is 74.6 Å². The molecule has 0 radical (unpaired) electrons. The third-order valence-electron chi connectivity index (χ3n) is 6.17. The van der Waals surface area contributed by atoms with E-state index in [-0.39, 0.29) is 0 Å². The van der Waals surface area contributed by atoms with Gasteiger partial charge in [-0.3, -0.25) is 0 Å². The number of hydrogen-bond donors (Lipinski definition) is 2. The maximum Gasteiger partial charge on any atom is 0.232 e. The minimum Gasteiger partial charge on any atom is -0.383 e. The molecule has 2 aliphatic heterocycles. The Hall–Kier alpha value is -2.65. The number of thiocarbonyl (C=S) groups is 1. The van der Waals surface area contributed by atoms with Gasteiger partial charge >= 0.3 is 0 Å². The first kappa shape index (κ1) is 23.5. The van der Waals surface area contributed by atoms with E-state index in [9.17, 15) is 0 Å². The number of ether oxygens (including phenoxy) is 1. The van der Waals surface area contributed by atoms with Gasteiger partial charge in [0.25, 0.3) is 0 Å². The molecule has 0 atom stereocenters. The lowest BCUT2D eigenvalue weighted by atomic mass is 10.2. The highest BCUT2D eigenvalue weighted by atomic mass is 32.1. The molecule has 3 heterocycles. The summed E-state index contributed by atoms with van der Waals surface area (Å²) in [5.41, 5.74) is 1.28. The number of para-hydroxylation sites is 1. The second kappa shape index (κ2) is 12.0. The van der Waals surface area contributed by atoms with Crippen molar-refractivity contribution >= 4 is 40.6 Å². The molecule has 2 aromatic rings. The Bertz CT molecular complexity index is 882. The van der Waals surface area contributed by atoms with Crippen molar-refractivity contribution in [2.45, 2.75) is 25.7 Å². The highest BCUT2D eigenvalue weighted by molar-refractivity contribution is 7.80. The molecule has 2 N–H and O–H groups in total. The van der Waals surface area contributed by atoms with E-state index < -0.39 is 0 Å². The van der Waals surface area contributed by atoms with E-state index in [0.717, 1.165) is 50.9 Å². The molecule has 0 amide bonds. The second-order valence-electron chi connectivity index (χ2n) is 8.49. The van der Waals surface area contributed by atoms with Gasteiger partial charge < -0.3 is 30.1 Å². The Labute approximate surface area is 202 Å². The molecule has 0 spiro atoms. The lowest BCUT2D eigenvalue weighted by Gasteiger charge is -2.37. The minimum atomic E-state index is 0.514. The lowest BCUT2D eigenvalue weighted by Crippen LogP contribution is -2.47. The topological polar surface area (TPSA) is 68.8 Å². The Morgan fingerprint density at radius 1 is 0.879 bits per heavy atom. The van der Waals surface area contributed by atoms with Gasteiger partial charge in [-0.05, 0) is 37.2 Å². The van der Waals surface area contributed by atoms with Crippen molar-refractivity contribution in [3.8, 4) is 0 Å². The van der Waals surface area contributed by atoms with Crippen LogP contribution in [0.15, 0.2) is 36.4 Å². The number of nitrogens with one attached hydrogen (secondary N) is 2. The summed E-state index contributed by atoms with van der Waals surface area (Å²) in [6, 6.07) is 12.8. The molecule has 1 aromatic carbocycles. The highest BCUT2D eigenvalue weighted by Gasteiger charge is 2.21. The van der Waals surface area contributed by atoms with E-state index >= 15 is 0 Å². The maximum absolute atomic E-state index is 5.45. The van der Waals surface area contributed by atoms with E-state index in [1.165, 1.54) is 31.4 Å². The Balaban J connectivity index is 1.49. The van der Waals surface area contributed by atoms with E-state index in [0.29, 0.717) is 24.2 Å². The highest BCUT2D eigenvalue weighted by Crippen LogP contribution is 2.25. The molecule has 33 heavy (non-hydrogen) atoms. The zero-order valence-corrected chi connectivity index (χ0v) is 20.3. The third kappa shape index (κ3) is 6.68. The van der Waals surface area contributed by atoms with Gasteiger partial charge in [0.1, 0.15) is 11.6 Å². The van der Waals surface area contributed by atoms with Crippen LogP contribution in [0.4, 0.5) is 23.3 Å². The predicted molar refractivity (Wildman–Crippen MR) is 140 cm³/mol. The summed E-state index contributed by atoms with van der Waals surface area (Å²) in [5, 5.41) is 6.85. The molecule has 1 aromatic heterocycles. The van der Waals surface area contributed by atoms with Crippen LogP contribution in [0.3, 0.4) is 0 Å². The molecule has 2 fully saturated rings. The van der Waals surface area contributed by atoms with Gasteiger partial charge in [0, 0.05) is 64.7 Å². The van der Waals surface area contributed by atoms with E-state index in [4.69, 9.17) is 26.9 Å². The van der Waals surface area contributed by atoms with Crippen molar-refractivity contribution in [2.75, 3.05) is 79.5 Å². The summed E-state index contributed by atoms with van der Waals surface area (Å²) < 4.78 is 5.09. The first-order valence-corrected chi connectivity index (χ1v) is 12.4. The summed E-state index contributed by atoms with van der Waals surface area (Å²) in [7, 11) is 1.68. The number of nitrogens with zero attached hydrogens (tertiary/aromatic N) is 5. The summed E-state index contributed by atoms with van der Waals surface area (Å²) in [6.07, 6.45) is 4.98. The number of hydrogen-bond acceptors (Lipinski definition) is 7. The van der Waals surface area contributed by atoms with Gasteiger partial charge in [-0.25, -0.2) is 0 Å². The van der Waals surface area contributed by atoms with Crippen LogP contribution < -0.4 is 25.3 Å². The fourth-order valence-corrected chi connectivity index (χ4v) is 4.54. The number of anilines is 4. The van der Waals surface area contributed by atoms with Crippen molar-refractivity contribution in [3.63, 3.8) is 0 Å². The molecule has 2 aliphatic rings. The van der Waals surface area contributed by atoms with Gasteiger partial charge in [-0.15, -0.1) is 0 Å². The van der Waals surface area contributed by atoms with Crippen LogP contribution >= 0.6 is 12.2 Å². The van der Waals surface area contributed by atoms with Crippen molar-refractivity contribution in [3.05, 3.63) is 36.4 Å². The molecule has 0 aliphatic carbocycles. The standard InChI is InChI=1S/C24H35N7OS/c1-32-18-11-25-24(33)28-23-26-21(30-12-7-2-3-8-13-30)19-22(27-23)31-16-14-29(15-17-31)20-9-5-4-6-10-20/h4-6,9-10,19H,2-3,7-8,11-18H2,1H3,(H2,25,26,27,28,33). The van der Waals surface area contributed by atoms with Gasteiger partial charge in [0.2, 0.25) is 5.95 Å². The number of benzene rings is 1. The minimum absolute atomic E-state index is 0.514. The smallest absolute Gasteiger partial charge is 0.232 e. The maximum atomic E-state index is 5.45. The van der Waals surface area contributed by atoms with Crippen molar-refractivity contribution in [1.82, 2.24) is 15.3 Å². The molecular weight excluding hydrogens is 434 g/mol. The molecule has 8 nitrogen and oxygen atoms in total. The first-order chi connectivity index (χ1) is 16.2. The van der Waals surface area contributed by atoms with Crippen LogP contribution in [0, 0.1) is 0 Å². The van der Waals surface area contributed by atoms with Gasteiger partial charge in [0.05, 0.1) is 6.61 Å². The molecule has 2 saturated heterocycles. The predicted octanol–water partition coefficient (Wildman–Crippen LogP) is 3.12. The normalized spacial score (nSPS) is 16.9. The van der Waals surface area contributed by atoms with Gasteiger partial charge in [0.15, 0.2) is 5.11 Å². The van der Waals surface area contributed by atoms with Crippen LogP contribution in [0.5, 0.6) is 0 Å².